The molecule has 1 unspecified atom stereocenters. The van der Waals surface area contributed by atoms with Crippen LogP contribution in [0.15, 0.2) is 4.47 Å². The highest BCUT2D eigenvalue weighted by Gasteiger charge is 2.30. The third-order valence-electron chi connectivity index (χ3n) is 2.84. The summed E-state index contributed by atoms with van der Waals surface area (Å²) in [6.07, 6.45) is 3.19. The van der Waals surface area contributed by atoms with Gasteiger partial charge in [-0.3, -0.25) is 0 Å². The minimum Gasteiger partial charge on any atom is -0.371 e. The zero-order chi connectivity index (χ0) is 12.4. The van der Waals surface area contributed by atoms with Crippen LogP contribution >= 0.6 is 27.5 Å². The van der Waals surface area contributed by atoms with Crippen molar-refractivity contribution in [2.24, 2.45) is 0 Å². The second-order valence-corrected chi connectivity index (χ2v) is 5.35. The Morgan fingerprint density at radius 2 is 2.12 bits per heavy atom. The molecule has 1 aromatic heterocycles. The van der Waals surface area contributed by atoms with E-state index in [9.17, 15) is 0 Å². The molecule has 1 fully saturated rings. The molecule has 0 spiro atoms. The molecular formula is C12H16BrClN2O. The van der Waals surface area contributed by atoms with E-state index in [2.05, 4.69) is 32.8 Å². The summed E-state index contributed by atoms with van der Waals surface area (Å²) >= 11 is 9.61. The first-order valence-corrected chi connectivity index (χ1v) is 7.18. The van der Waals surface area contributed by atoms with Gasteiger partial charge >= 0.3 is 0 Å². The van der Waals surface area contributed by atoms with Crippen molar-refractivity contribution in [2.75, 3.05) is 6.61 Å². The fourth-order valence-electron chi connectivity index (χ4n) is 1.80. The monoisotopic (exact) mass is 318 g/mol. The van der Waals surface area contributed by atoms with Crippen LogP contribution in [0.1, 0.15) is 56.7 Å². The smallest absolute Gasteiger partial charge is 0.159 e. The van der Waals surface area contributed by atoms with Crippen molar-refractivity contribution in [3.63, 3.8) is 0 Å². The Balaban J connectivity index is 2.33. The van der Waals surface area contributed by atoms with Crippen LogP contribution in [0.25, 0.3) is 0 Å². The summed E-state index contributed by atoms with van der Waals surface area (Å²) in [5.41, 5.74) is 1.04. The van der Waals surface area contributed by atoms with Crippen molar-refractivity contribution in [3.8, 4) is 0 Å². The topological polar surface area (TPSA) is 35.0 Å². The molecule has 0 radical (unpaired) electrons. The lowest BCUT2D eigenvalue weighted by Crippen LogP contribution is -2.10. The summed E-state index contributed by atoms with van der Waals surface area (Å²) < 4.78 is 6.47. The van der Waals surface area contributed by atoms with Crippen LogP contribution in [-0.4, -0.2) is 16.6 Å². The summed E-state index contributed by atoms with van der Waals surface area (Å²) in [7, 11) is 0. The van der Waals surface area contributed by atoms with Crippen LogP contribution in [-0.2, 0) is 4.74 Å². The van der Waals surface area contributed by atoms with Crippen LogP contribution < -0.4 is 0 Å². The van der Waals surface area contributed by atoms with Crippen molar-refractivity contribution < 1.29 is 4.74 Å². The maximum atomic E-state index is 6.14. The normalized spacial score (nSPS) is 17.2. The molecule has 1 aliphatic carbocycles. The Morgan fingerprint density at radius 1 is 1.41 bits per heavy atom. The van der Waals surface area contributed by atoms with Gasteiger partial charge < -0.3 is 4.74 Å². The SMILES string of the molecule is CCOC(CC)c1nc(Cl)c(Br)c(C2CC2)n1. The predicted molar refractivity (Wildman–Crippen MR) is 71.4 cm³/mol. The number of halogens is 2. The average Bonchev–Trinajstić information content (AvgIpc) is 3.13. The molecule has 2 rings (SSSR count). The lowest BCUT2D eigenvalue weighted by Gasteiger charge is -2.15. The molecule has 94 valence electrons. The van der Waals surface area contributed by atoms with Gasteiger partial charge in [0.25, 0.3) is 0 Å². The van der Waals surface area contributed by atoms with Gasteiger partial charge in [0.15, 0.2) is 5.82 Å². The van der Waals surface area contributed by atoms with Crippen LogP contribution in [0.4, 0.5) is 0 Å². The van der Waals surface area contributed by atoms with Gasteiger partial charge in [0.2, 0.25) is 0 Å². The average molecular weight is 320 g/mol. The van der Waals surface area contributed by atoms with E-state index in [0.717, 1.165) is 16.6 Å². The lowest BCUT2D eigenvalue weighted by atomic mass is 10.2. The maximum absolute atomic E-state index is 6.14. The zero-order valence-corrected chi connectivity index (χ0v) is 12.4. The Hall–Kier alpha value is -0.190. The molecule has 1 aromatic rings. The van der Waals surface area contributed by atoms with E-state index in [4.69, 9.17) is 16.3 Å². The number of hydrogen-bond donors (Lipinski definition) is 0. The highest BCUT2D eigenvalue weighted by atomic mass is 79.9. The van der Waals surface area contributed by atoms with E-state index in [1.165, 1.54) is 12.8 Å². The number of aromatic nitrogens is 2. The van der Waals surface area contributed by atoms with Crippen molar-refractivity contribution in [3.05, 3.63) is 21.1 Å². The molecule has 0 N–H and O–H groups in total. The molecule has 1 saturated carbocycles. The minimum atomic E-state index is -0.0527. The molecule has 0 bridgehead atoms. The number of rotatable bonds is 5. The first-order chi connectivity index (χ1) is 8.17. The van der Waals surface area contributed by atoms with Crippen LogP contribution in [0.2, 0.25) is 5.15 Å². The Labute approximate surface area is 115 Å². The van der Waals surface area contributed by atoms with Gasteiger partial charge in [-0.2, -0.15) is 0 Å². The number of nitrogens with zero attached hydrogens (tertiary/aromatic N) is 2. The summed E-state index contributed by atoms with van der Waals surface area (Å²) in [6, 6.07) is 0. The van der Waals surface area contributed by atoms with Gasteiger partial charge in [-0.05, 0) is 42.1 Å². The third kappa shape index (κ3) is 2.98. The number of hydrogen-bond acceptors (Lipinski definition) is 3. The highest BCUT2D eigenvalue weighted by molar-refractivity contribution is 9.10. The fourth-order valence-corrected chi connectivity index (χ4v) is 2.48. The molecule has 0 saturated heterocycles. The summed E-state index contributed by atoms with van der Waals surface area (Å²) in [5, 5.41) is 0.495. The van der Waals surface area contributed by atoms with E-state index >= 15 is 0 Å². The van der Waals surface area contributed by atoms with Gasteiger partial charge in [-0.15, -0.1) is 0 Å². The first kappa shape index (κ1) is 13.2. The molecule has 0 aromatic carbocycles. The van der Waals surface area contributed by atoms with Gasteiger partial charge in [-0.1, -0.05) is 18.5 Å². The predicted octanol–water partition coefficient (Wildman–Crippen LogP) is 4.26. The van der Waals surface area contributed by atoms with E-state index < -0.39 is 0 Å². The van der Waals surface area contributed by atoms with Gasteiger partial charge in [0.1, 0.15) is 11.3 Å². The third-order valence-corrected chi connectivity index (χ3v) is 4.13. The van der Waals surface area contributed by atoms with Gasteiger partial charge in [-0.25, -0.2) is 9.97 Å². The standard InChI is InChI=1S/C12H16BrClN2O/c1-3-8(17-4-2)12-15-10(7-5-6-7)9(13)11(14)16-12/h7-8H,3-6H2,1-2H3. The van der Waals surface area contributed by atoms with Crippen molar-refractivity contribution in [1.82, 2.24) is 9.97 Å². The largest absolute Gasteiger partial charge is 0.371 e. The molecule has 0 aliphatic heterocycles. The van der Waals surface area contributed by atoms with Crippen LogP contribution in [0.5, 0.6) is 0 Å². The highest BCUT2D eigenvalue weighted by Crippen LogP contribution is 2.44. The second kappa shape index (κ2) is 5.63. The number of ether oxygens (including phenoxy) is 1. The molecule has 1 atom stereocenters. The summed E-state index contributed by atoms with van der Waals surface area (Å²) in [5.74, 6) is 1.26. The van der Waals surface area contributed by atoms with Crippen molar-refractivity contribution in [2.45, 2.75) is 45.1 Å². The Morgan fingerprint density at radius 3 is 2.65 bits per heavy atom. The molecule has 17 heavy (non-hydrogen) atoms. The van der Waals surface area contributed by atoms with E-state index in [1.54, 1.807) is 0 Å². The minimum absolute atomic E-state index is 0.0527. The van der Waals surface area contributed by atoms with Crippen LogP contribution in [0.3, 0.4) is 0 Å². The summed E-state index contributed by atoms with van der Waals surface area (Å²) in [6.45, 7) is 4.70. The quantitative estimate of drug-likeness (QED) is 0.761. The van der Waals surface area contributed by atoms with E-state index in [0.29, 0.717) is 23.5 Å². The Kier molecular flexibility index (Phi) is 4.39. The van der Waals surface area contributed by atoms with E-state index in [1.807, 2.05) is 6.92 Å². The molecule has 0 amide bonds. The van der Waals surface area contributed by atoms with Crippen LogP contribution in [0, 0.1) is 0 Å². The van der Waals surface area contributed by atoms with Gasteiger partial charge in [0, 0.05) is 12.5 Å². The van der Waals surface area contributed by atoms with E-state index in [-0.39, 0.29) is 6.10 Å². The van der Waals surface area contributed by atoms with Gasteiger partial charge in [0.05, 0.1) is 10.2 Å². The lowest BCUT2D eigenvalue weighted by molar-refractivity contribution is 0.0533. The zero-order valence-electron chi connectivity index (χ0n) is 10.0. The fraction of sp³-hybridized carbons (Fsp3) is 0.667. The first-order valence-electron chi connectivity index (χ1n) is 6.01. The van der Waals surface area contributed by atoms with Crippen molar-refractivity contribution in [1.29, 1.82) is 0 Å². The Bertz CT molecular complexity index is 410. The second-order valence-electron chi connectivity index (χ2n) is 4.20. The maximum Gasteiger partial charge on any atom is 0.159 e. The van der Waals surface area contributed by atoms with Crippen molar-refractivity contribution >= 4 is 27.5 Å². The molecule has 1 heterocycles. The molecule has 1 aliphatic rings. The summed E-state index contributed by atoms with van der Waals surface area (Å²) in [4.78, 5) is 8.93. The molecular weight excluding hydrogens is 304 g/mol. The molecule has 5 heteroatoms. The molecule has 3 nitrogen and oxygen atoms in total.